The lowest BCUT2D eigenvalue weighted by Gasteiger charge is -2.19. The van der Waals surface area contributed by atoms with Gasteiger partial charge < -0.3 is 15.8 Å². The number of anilines is 1. The molecule has 3 N–H and O–H groups in total. The Labute approximate surface area is 128 Å². The molecule has 0 saturated carbocycles. The summed E-state index contributed by atoms with van der Waals surface area (Å²) >= 11 is 3.35. The molecule has 1 amide bonds. The average Bonchev–Trinajstić information content (AvgIpc) is 2.31. The quantitative estimate of drug-likeness (QED) is 0.494. The molecule has 20 heavy (non-hydrogen) atoms. The predicted octanol–water partition coefficient (Wildman–Crippen LogP) is 3.30. The van der Waals surface area contributed by atoms with Crippen LogP contribution in [0.3, 0.4) is 0 Å². The first-order chi connectivity index (χ1) is 9.28. The molecule has 1 aromatic rings. The zero-order valence-corrected chi connectivity index (χ0v) is 13.5. The predicted molar refractivity (Wildman–Crippen MR) is 84.3 cm³/mol. The number of nitrogens with one attached hydrogen (secondary N) is 1. The van der Waals surface area contributed by atoms with Crippen LogP contribution in [0.25, 0.3) is 0 Å². The molecule has 0 radical (unpaired) electrons. The van der Waals surface area contributed by atoms with Crippen molar-refractivity contribution in [3.8, 4) is 11.8 Å². The van der Waals surface area contributed by atoms with Crippen LogP contribution in [-0.4, -0.2) is 18.2 Å². The molecule has 0 bridgehead atoms. The number of amides is 1. The van der Waals surface area contributed by atoms with E-state index in [2.05, 4.69) is 33.1 Å². The Hall–Kier alpha value is -1.67. The van der Waals surface area contributed by atoms with Gasteiger partial charge in [-0.3, -0.25) is 0 Å². The number of carbonyl (C=O) groups excluding carboxylic acids is 1. The molecule has 0 atom stereocenters. The second kappa shape index (κ2) is 7.20. The van der Waals surface area contributed by atoms with Crippen molar-refractivity contribution >= 4 is 27.7 Å². The molecular weight excluding hydrogens is 320 g/mol. The van der Waals surface area contributed by atoms with E-state index in [0.717, 1.165) is 10.0 Å². The first-order valence-corrected chi connectivity index (χ1v) is 7.08. The number of ether oxygens (including phenoxy) is 1. The molecule has 0 aliphatic carbocycles. The topological polar surface area (TPSA) is 64.3 Å². The normalized spacial score (nSPS) is 10.4. The van der Waals surface area contributed by atoms with E-state index in [1.54, 1.807) is 6.07 Å². The Morgan fingerprint density at radius 1 is 1.45 bits per heavy atom. The second-order valence-corrected chi connectivity index (χ2v) is 6.07. The second-order valence-electron chi connectivity index (χ2n) is 5.22. The third-order valence-corrected chi connectivity index (χ3v) is 2.84. The minimum Gasteiger partial charge on any atom is -0.444 e. The van der Waals surface area contributed by atoms with E-state index in [0.29, 0.717) is 18.7 Å². The Morgan fingerprint density at radius 2 is 2.15 bits per heavy atom. The van der Waals surface area contributed by atoms with Crippen molar-refractivity contribution in [2.45, 2.75) is 32.8 Å². The smallest absolute Gasteiger partial charge is 0.407 e. The van der Waals surface area contributed by atoms with E-state index in [9.17, 15) is 4.79 Å². The van der Waals surface area contributed by atoms with Crippen LogP contribution in [0.5, 0.6) is 0 Å². The minimum absolute atomic E-state index is 0.422. The van der Waals surface area contributed by atoms with Crippen molar-refractivity contribution in [3.63, 3.8) is 0 Å². The Balaban J connectivity index is 2.36. The highest BCUT2D eigenvalue weighted by atomic mass is 79.9. The highest BCUT2D eigenvalue weighted by Crippen LogP contribution is 2.19. The maximum absolute atomic E-state index is 11.4. The van der Waals surface area contributed by atoms with Gasteiger partial charge in [-0.25, -0.2) is 4.79 Å². The van der Waals surface area contributed by atoms with E-state index in [1.165, 1.54) is 0 Å². The van der Waals surface area contributed by atoms with E-state index >= 15 is 0 Å². The van der Waals surface area contributed by atoms with Gasteiger partial charge in [-0.05, 0) is 54.9 Å². The van der Waals surface area contributed by atoms with Crippen LogP contribution < -0.4 is 11.1 Å². The van der Waals surface area contributed by atoms with Crippen molar-refractivity contribution in [1.82, 2.24) is 5.32 Å². The van der Waals surface area contributed by atoms with Crippen LogP contribution in [0, 0.1) is 11.8 Å². The molecule has 1 rings (SSSR count). The fraction of sp³-hybridized carbons (Fsp3) is 0.400. The van der Waals surface area contributed by atoms with E-state index in [4.69, 9.17) is 10.5 Å². The highest BCUT2D eigenvalue weighted by molar-refractivity contribution is 9.10. The van der Waals surface area contributed by atoms with Crippen molar-refractivity contribution in [1.29, 1.82) is 0 Å². The van der Waals surface area contributed by atoms with Gasteiger partial charge in [-0.1, -0.05) is 11.8 Å². The van der Waals surface area contributed by atoms with Gasteiger partial charge in [-0.15, -0.1) is 0 Å². The SMILES string of the molecule is CC(C)(C)OC(=O)NCCC#Cc1ccc(N)c(Br)c1. The lowest BCUT2D eigenvalue weighted by atomic mass is 10.2. The molecule has 0 fully saturated rings. The minimum atomic E-state index is -0.480. The van der Waals surface area contributed by atoms with Crippen LogP contribution in [0.15, 0.2) is 22.7 Å². The summed E-state index contributed by atoms with van der Waals surface area (Å²) < 4.78 is 5.94. The molecule has 5 heteroatoms. The molecule has 0 aliphatic heterocycles. The largest absolute Gasteiger partial charge is 0.444 e. The van der Waals surface area contributed by atoms with Crippen molar-refractivity contribution in [2.24, 2.45) is 0 Å². The molecule has 0 aliphatic rings. The van der Waals surface area contributed by atoms with Gasteiger partial charge in [0.2, 0.25) is 0 Å². The van der Waals surface area contributed by atoms with Crippen molar-refractivity contribution in [2.75, 3.05) is 12.3 Å². The first kappa shape index (κ1) is 16.4. The van der Waals surface area contributed by atoms with E-state index in [-0.39, 0.29) is 0 Å². The number of halogens is 1. The van der Waals surface area contributed by atoms with E-state index in [1.807, 2.05) is 32.9 Å². The molecule has 4 nitrogen and oxygen atoms in total. The summed E-state index contributed by atoms with van der Waals surface area (Å²) in [6.45, 7) is 5.93. The van der Waals surface area contributed by atoms with Gasteiger partial charge in [0.05, 0.1) is 0 Å². The van der Waals surface area contributed by atoms with Crippen LogP contribution in [0.1, 0.15) is 32.8 Å². The zero-order chi connectivity index (χ0) is 15.2. The number of carbonyl (C=O) groups is 1. The number of hydrogen-bond donors (Lipinski definition) is 2. The van der Waals surface area contributed by atoms with Crippen molar-refractivity contribution in [3.05, 3.63) is 28.2 Å². The van der Waals surface area contributed by atoms with Gasteiger partial charge in [0, 0.05) is 28.7 Å². The third-order valence-electron chi connectivity index (χ3n) is 2.15. The van der Waals surface area contributed by atoms with Gasteiger partial charge >= 0.3 is 6.09 Å². The number of hydrogen-bond acceptors (Lipinski definition) is 3. The molecule has 0 aromatic heterocycles. The molecule has 0 spiro atoms. The summed E-state index contributed by atoms with van der Waals surface area (Å²) in [5.74, 6) is 5.99. The highest BCUT2D eigenvalue weighted by Gasteiger charge is 2.15. The van der Waals surface area contributed by atoms with Gasteiger partial charge in [0.15, 0.2) is 0 Å². The van der Waals surface area contributed by atoms with Crippen LogP contribution >= 0.6 is 15.9 Å². The van der Waals surface area contributed by atoms with E-state index < -0.39 is 11.7 Å². The number of alkyl carbamates (subject to hydrolysis) is 1. The summed E-state index contributed by atoms with van der Waals surface area (Å²) in [5, 5.41) is 2.65. The maximum Gasteiger partial charge on any atom is 0.407 e. The monoisotopic (exact) mass is 338 g/mol. The van der Waals surface area contributed by atoms with Crippen LogP contribution in [0.4, 0.5) is 10.5 Å². The first-order valence-electron chi connectivity index (χ1n) is 6.29. The molecule has 108 valence electrons. The van der Waals surface area contributed by atoms with Gasteiger partial charge in [-0.2, -0.15) is 0 Å². The number of rotatable bonds is 2. The maximum atomic E-state index is 11.4. The Bertz CT molecular complexity index is 539. The Kier molecular flexibility index (Phi) is 5.90. The summed E-state index contributed by atoms with van der Waals surface area (Å²) in [4.78, 5) is 11.4. The summed E-state index contributed by atoms with van der Waals surface area (Å²) in [7, 11) is 0. The van der Waals surface area contributed by atoms with Crippen LogP contribution in [0.2, 0.25) is 0 Å². The van der Waals surface area contributed by atoms with Gasteiger partial charge in [0.25, 0.3) is 0 Å². The number of nitrogen functional groups attached to an aromatic ring is 1. The molecule has 0 saturated heterocycles. The van der Waals surface area contributed by atoms with Crippen molar-refractivity contribution < 1.29 is 9.53 Å². The standard InChI is InChI=1S/C15H19BrN2O2/c1-15(2,3)20-14(19)18-9-5-4-6-11-7-8-13(17)12(16)10-11/h7-8,10H,5,9,17H2,1-3H3,(H,18,19). The third kappa shape index (κ3) is 6.48. The molecule has 1 aromatic carbocycles. The number of nitrogens with two attached hydrogens (primary N) is 1. The molecular formula is C15H19BrN2O2. The summed E-state index contributed by atoms with van der Waals surface area (Å²) in [6, 6.07) is 5.52. The number of benzene rings is 1. The Morgan fingerprint density at radius 3 is 2.75 bits per heavy atom. The zero-order valence-electron chi connectivity index (χ0n) is 11.9. The average molecular weight is 339 g/mol. The summed E-state index contributed by atoms with van der Waals surface area (Å²) in [5.41, 5.74) is 6.77. The molecule has 0 unspecified atom stereocenters. The lowest BCUT2D eigenvalue weighted by molar-refractivity contribution is 0.0529. The fourth-order valence-corrected chi connectivity index (χ4v) is 1.69. The fourth-order valence-electron chi connectivity index (χ4n) is 1.31. The van der Waals surface area contributed by atoms with Gasteiger partial charge in [0.1, 0.15) is 5.60 Å². The van der Waals surface area contributed by atoms with Crippen LogP contribution in [-0.2, 0) is 4.74 Å². The molecule has 0 heterocycles. The summed E-state index contributed by atoms with van der Waals surface area (Å²) in [6.07, 6.45) is 0.135. The lowest BCUT2D eigenvalue weighted by Crippen LogP contribution is -2.32.